The van der Waals surface area contributed by atoms with Gasteiger partial charge in [0, 0.05) is 13.1 Å². The van der Waals surface area contributed by atoms with Crippen LogP contribution in [0.5, 0.6) is 0 Å². The standard InChI is InChI=1S/C13H16ClN3O4S/c1-2-15-12(18)13(19)16-11-5-4-9(8-10(11)14)17-6-3-7-22(17,20)21/h4-5,8H,2-3,6-7H2,1H3,(H,15,18)(H,16,19). The number of halogens is 1. The van der Waals surface area contributed by atoms with Crippen LogP contribution >= 0.6 is 11.6 Å². The SMILES string of the molecule is CCNC(=O)C(=O)Nc1ccc(N2CCCS2(=O)=O)cc1Cl. The third-order valence-corrected chi connectivity index (χ3v) is 5.31. The number of anilines is 2. The van der Waals surface area contributed by atoms with E-state index in [1.807, 2.05) is 0 Å². The van der Waals surface area contributed by atoms with Crippen LogP contribution in [0.2, 0.25) is 5.02 Å². The molecule has 0 unspecified atom stereocenters. The van der Waals surface area contributed by atoms with E-state index in [4.69, 9.17) is 11.6 Å². The summed E-state index contributed by atoms with van der Waals surface area (Å²) in [5.41, 5.74) is 0.691. The number of likely N-dealkylation sites (N-methyl/N-ethyl adjacent to an activating group) is 1. The molecule has 1 heterocycles. The second-order valence-electron chi connectivity index (χ2n) is 4.72. The van der Waals surface area contributed by atoms with Crippen molar-refractivity contribution in [1.82, 2.24) is 5.32 Å². The summed E-state index contributed by atoms with van der Waals surface area (Å²) in [6, 6.07) is 4.47. The number of amides is 2. The van der Waals surface area contributed by atoms with Crippen molar-refractivity contribution in [2.45, 2.75) is 13.3 Å². The first-order valence-corrected chi connectivity index (χ1v) is 8.73. The van der Waals surface area contributed by atoms with E-state index in [0.29, 0.717) is 25.2 Å². The van der Waals surface area contributed by atoms with Gasteiger partial charge < -0.3 is 10.6 Å². The summed E-state index contributed by atoms with van der Waals surface area (Å²) in [7, 11) is -3.29. The fraction of sp³-hybridized carbons (Fsp3) is 0.385. The molecule has 0 saturated carbocycles. The second kappa shape index (κ2) is 6.53. The Morgan fingerprint density at radius 1 is 1.32 bits per heavy atom. The second-order valence-corrected chi connectivity index (χ2v) is 7.14. The lowest BCUT2D eigenvalue weighted by atomic mass is 10.2. The monoisotopic (exact) mass is 345 g/mol. The molecule has 1 fully saturated rings. The lowest BCUT2D eigenvalue weighted by molar-refractivity contribution is -0.136. The molecule has 0 bridgehead atoms. The Balaban J connectivity index is 2.17. The molecular weight excluding hydrogens is 330 g/mol. The minimum absolute atomic E-state index is 0.111. The van der Waals surface area contributed by atoms with Gasteiger partial charge in [-0.15, -0.1) is 0 Å². The number of carbonyl (C=O) groups is 2. The largest absolute Gasteiger partial charge is 0.348 e. The van der Waals surface area contributed by atoms with Crippen molar-refractivity contribution >= 4 is 44.8 Å². The number of nitrogens with one attached hydrogen (secondary N) is 2. The van der Waals surface area contributed by atoms with Gasteiger partial charge in [0.1, 0.15) is 0 Å². The summed E-state index contributed by atoms with van der Waals surface area (Å²) in [6.07, 6.45) is 0.565. The predicted octanol–water partition coefficient (Wildman–Crippen LogP) is 0.955. The van der Waals surface area contributed by atoms with Crippen LogP contribution in [-0.4, -0.2) is 39.1 Å². The Morgan fingerprint density at radius 2 is 2.05 bits per heavy atom. The highest BCUT2D eigenvalue weighted by Gasteiger charge is 2.28. The number of rotatable bonds is 3. The zero-order valence-electron chi connectivity index (χ0n) is 11.9. The first-order chi connectivity index (χ1) is 10.3. The number of hydrogen-bond donors (Lipinski definition) is 2. The van der Waals surface area contributed by atoms with Gasteiger partial charge in [0.05, 0.1) is 22.2 Å². The molecule has 2 N–H and O–H groups in total. The summed E-state index contributed by atoms with van der Waals surface area (Å²) in [5, 5.41) is 4.92. The van der Waals surface area contributed by atoms with Crippen LogP contribution in [-0.2, 0) is 19.6 Å². The molecule has 1 aliphatic rings. The number of sulfonamides is 1. The topological polar surface area (TPSA) is 95.6 Å². The molecule has 7 nitrogen and oxygen atoms in total. The van der Waals surface area contributed by atoms with Gasteiger partial charge in [-0.3, -0.25) is 13.9 Å². The quantitative estimate of drug-likeness (QED) is 0.797. The van der Waals surface area contributed by atoms with E-state index in [1.54, 1.807) is 13.0 Å². The Labute approximate surface area is 133 Å². The first kappa shape index (κ1) is 16.6. The zero-order valence-corrected chi connectivity index (χ0v) is 13.5. The minimum Gasteiger partial charge on any atom is -0.348 e. The maximum atomic E-state index is 11.9. The van der Waals surface area contributed by atoms with Crippen molar-refractivity contribution in [3.05, 3.63) is 23.2 Å². The fourth-order valence-electron chi connectivity index (χ4n) is 2.11. The molecule has 1 aromatic rings. The van der Waals surface area contributed by atoms with Crippen molar-refractivity contribution < 1.29 is 18.0 Å². The average molecular weight is 346 g/mol. The van der Waals surface area contributed by atoms with Gasteiger partial charge in [0.15, 0.2) is 0 Å². The number of hydrogen-bond acceptors (Lipinski definition) is 4. The molecule has 0 atom stereocenters. The Kier molecular flexibility index (Phi) is 4.92. The van der Waals surface area contributed by atoms with E-state index in [1.165, 1.54) is 16.4 Å². The van der Waals surface area contributed by atoms with Gasteiger partial charge in [0.25, 0.3) is 0 Å². The van der Waals surface area contributed by atoms with Crippen LogP contribution in [0.4, 0.5) is 11.4 Å². The van der Waals surface area contributed by atoms with E-state index in [0.717, 1.165) is 0 Å². The molecule has 0 radical (unpaired) electrons. The highest BCUT2D eigenvalue weighted by molar-refractivity contribution is 7.93. The van der Waals surface area contributed by atoms with E-state index in [2.05, 4.69) is 10.6 Å². The maximum Gasteiger partial charge on any atom is 0.313 e. The third kappa shape index (κ3) is 3.50. The maximum absolute atomic E-state index is 11.9. The number of benzene rings is 1. The Hall–Kier alpha value is -1.80. The van der Waals surface area contributed by atoms with Gasteiger partial charge in [-0.1, -0.05) is 11.6 Å². The summed E-state index contributed by atoms with van der Waals surface area (Å²) < 4.78 is 25.0. The molecule has 120 valence electrons. The highest BCUT2D eigenvalue weighted by Crippen LogP contribution is 2.31. The lowest BCUT2D eigenvalue weighted by Crippen LogP contribution is -2.35. The van der Waals surface area contributed by atoms with Crippen molar-refractivity contribution in [3.63, 3.8) is 0 Å². The van der Waals surface area contributed by atoms with Crippen LogP contribution in [0.1, 0.15) is 13.3 Å². The molecule has 0 spiro atoms. The minimum atomic E-state index is -3.29. The zero-order chi connectivity index (χ0) is 16.3. The van der Waals surface area contributed by atoms with E-state index >= 15 is 0 Å². The van der Waals surface area contributed by atoms with E-state index in [-0.39, 0.29) is 16.5 Å². The van der Waals surface area contributed by atoms with Crippen LogP contribution in [0.25, 0.3) is 0 Å². The molecule has 1 saturated heterocycles. The van der Waals surface area contributed by atoms with Crippen LogP contribution in [0.15, 0.2) is 18.2 Å². The molecule has 2 rings (SSSR count). The van der Waals surface area contributed by atoms with Crippen LogP contribution in [0.3, 0.4) is 0 Å². The van der Waals surface area contributed by atoms with Crippen molar-refractivity contribution in [2.24, 2.45) is 0 Å². The molecule has 1 aromatic carbocycles. The van der Waals surface area contributed by atoms with Gasteiger partial charge in [-0.2, -0.15) is 0 Å². The van der Waals surface area contributed by atoms with Crippen molar-refractivity contribution in [1.29, 1.82) is 0 Å². The molecule has 1 aliphatic heterocycles. The number of nitrogens with zero attached hydrogens (tertiary/aromatic N) is 1. The smallest absolute Gasteiger partial charge is 0.313 e. The molecule has 0 aliphatic carbocycles. The molecule has 9 heteroatoms. The summed E-state index contributed by atoms with van der Waals surface area (Å²) in [5.74, 6) is -1.48. The van der Waals surface area contributed by atoms with Gasteiger partial charge in [-0.05, 0) is 31.5 Å². The van der Waals surface area contributed by atoms with Gasteiger partial charge >= 0.3 is 11.8 Å². The fourth-order valence-corrected chi connectivity index (χ4v) is 3.89. The first-order valence-electron chi connectivity index (χ1n) is 6.74. The third-order valence-electron chi connectivity index (χ3n) is 3.13. The summed E-state index contributed by atoms with van der Waals surface area (Å²) >= 11 is 6.06. The summed E-state index contributed by atoms with van der Waals surface area (Å²) in [4.78, 5) is 23.0. The molecular formula is C13H16ClN3O4S. The van der Waals surface area contributed by atoms with Gasteiger partial charge in [-0.25, -0.2) is 8.42 Å². The van der Waals surface area contributed by atoms with Crippen molar-refractivity contribution in [2.75, 3.05) is 28.5 Å². The van der Waals surface area contributed by atoms with Crippen LogP contribution in [0, 0.1) is 0 Å². The van der Waals surface area contributed by atoms with E-state index < -0.39 is 21.8 Å². The molecule has 22 heavy (non-hydrogen) atoms. The molecule has 2 amide bonds. The molecule has 0 aromatic heterocycles. The average Bonchev–Trinajstić information content (AvgIpc) is 2.80. The summed E-state index contributed by atoms with van der Waals surface area (Å²) in [6.45, 7) is 2.44. The Bertz CT molecular complexity index is 705. The lowest BCUT2D eigenvalue weighted by Gasteiger charge is -2.18. The van der Waals surface area contributed by atoms with Crippen molar-refractivity contribution in [3.8, 4) is 0 Å². The number of carbonyl (C=O) groups excluding carboxylic acids is 2. The highest BCUT2D eigenvalue weighted by atomic mass is 35.5. The Morgan fingerprint density at radius 3 is 2.59 bits per heavy atom. The van der Waals surface area contributed by atoms with Gasteiger partial charge in [0.2, 0.25) is 10.0 Å². The predicted molar refractivity (Wildman–Crippen MR) is 84.5 cm³/mol. The normalized spacial score (nSPS) is 16.4. The van der Waals surface area contributed by atoms with E-state index in [9.17, 15) is 18.0 Å². The van der Waals surface area contributed by atoms with Crippen LogP contribution < -0.4 is 14.9 Å².